The molecule has 2 aromatic rings. The second-order valence-electron chi connectivity index (χ2n) is 4.05. The number of rotatable bonds is 4. The van der Waals surface area contributed by atoms with E-state index in [9.17, 15) is 0 Å². The molecule has 0 aliphatic carbocycles. The Bertz CT molecular complexity index is 453. The number of hydrogen-bond acceptors (Lipinski definition) is 2. The molecule has 0 saturated carbocycles. The fourth-order valence-corrected chi connectivity index (χ4v) is 1.87. The molecule has 1 atom stereocenters. The third kappa shape index (κ3) is 3.55. The number of aromatic nitrogens is 1. The van der Waals surface area contributed by atoms with E-state index in [0.717, 1.165) is 23.4 Å². The Labute approximate surface area is 106 Å². The van der Waals surface area contributed by atoms with Gasteiger partial charge in [-0.1, -0.05) is 23.7 Å². The van der Waals surface area contributed by atoms with Gasteiger partial charge in [0.15, 0.2) is 0 Å². The fourth-order valence-electron chi connectivity index (χ4n) is 1.75. The van der Waals surface area contributed by atoms with Crippen LogP contribution in [0.15, 0.2) is 48.8 Å². The van der Waals surface area contributed by atoms with Gasteiger partial charge in [0.05, 0.1) is 0 Å². The van der Waals surface area contributed by atoms with Crippen LogP contribution in [0.3, 0.4) is 0 Å². The van der Waals surface area contributed by atoms with Crippen LogP contribution in [-0.4, -0.2) is 4.98 Å². The summed E-state index contributed by atoms with van der Waals surface area (Å²) >= 11 is 5.84. The highest BCUT2D eigenvalue weighted by Gasteiger charge is 2.05. The van der Waals surface area contributed by atoms with Crippen molar-refractivity contribution in [2.75, 3.05) is 0 Å². The monoisotopic (exact) mass is 246 g/mol. The lowest BCUT2D eigenvalue weighted by molar-refractivity contribution is 0.651. The standard InChI is InChI=1S/C14H15ClN2/c15-13-4-2-12(3-5-13)14(16)6-1-11-7-9-17-10-8-11/h2-5,7-10,14H,1,6,16H2. The minimum Gasteiger partial charge on any atom is -0.324 e. The third-order valence-electron chi connectivity index (χ3n) is 2.79. The summed E-state index contributed by atoms with van der Waals surface area (Å²) in [7, 11) is 0. The lowest BCUT2D eigenvalue weighted by Crippen LogP contribution is -2.11. The van der Waals surface area contributed by atoms with Crippen LogP contribution in [0.2, 0.25) is 5.02 Å². The Morgan fingerprint density at radius 2 is 1.71 bits per heavy atom. The zero-order valence-corrected chi connectivity index (χ0v) is 10.3. The Morgan fingerprint density at radius 1 is 1.06 bits per heavy atom. The van der Waals surface area contributed by atoms with E-state index in [-0.39, 0.29) is 6.04 Å². The minimum absolute atomic E-state index is 0.0560. The van der Waals surface area contributed by atoms with E-state index in [1.165, 1.54) is 5.56 Å². The van der Waals surface area contributed by atoms with Crippen LogP contribution >= 0.6 is 11.6 Å². The Hall–Kier alpha value is -1.38. The molecule has 3 heteroatoms. The van der Waals surface area contributed by atoms with Crippen LogP contribution in [-0.2, 0) is 6.42 Å². The molecule has 0 spiro atoms. The molecule has 2 nitrogen and oxygen atoms in total. The normalized spacial score (nSPS) is 12.4. The van der Waals surface area contributed by atoms with E-state index in [0.29, 0.717) is 0 Å². The van der Waals surface area contributed by atoms with Gasteiger partial charge >= 0.3 is 0 Å². The van der Waals surface area contributed by atoms with Crippen molar-refractivity contribution in [1.29, 1.82) is 0 Å². The van der Waals surface area contributed by atoms with E-state index in [4.69, 9.17) is 17.3 Å². The van der Waals surface area contributed by atoms with E-state index in [2.05, 4.69) is 4.98 Å². The van der Waals surface area contributed by atoms with Crippen molar-refractivity contribution in [3.05, 3.63) is 64.9 Å². The fraction of sp³-hybridized carbons (Fsp3) is 0.214. The molecule has 0 saturated heterocycles. The van der Waals surface area contributed by atoms with Crippen molar-refractivity contribution in [3.63, 3.8) is 0 Å². The molecule has 0 fully saturated rings. The molecular formula is C14H15ClN2. The van der Waals surface area contributed by atoms with Gasteiger partial charge in [0.25, 0.3) is 0 Å². The van der Waals surface area contributed by atoms with Gasteiger partial charge in [-0.25, -0.2) is 0 Å². The molecule has 0 bridgehead atoms. The molecule has 0 aliphatic rings. The number of nitrogens with zero attached hydrogens (tertiary/aromatic N) is 1. The van der Waals surface area contributed by atoms with Crippen molar-refractivity contribution in [2.45, 2.75) is 18.9 Å². The molecule has 1 aromatic heterocycles. The molecule has 17 heavy (non-hydrogen) atoms. The van der Waals surface area contributed by atoms with Crippen molar-refractivity contribution >= 4 is 11.6 Å². The van der Waals surface area contributed by atoms with Crippen molar-refractivity contribution in [2.24, 2.45) is 5.73 Å². The van der Waals surface area contributed by atoms with Gasteiger partial charge in [-0.2, -0.15) is 0 Å². The predicted molar refractivity (Wildman–Crippen MR) is 70.9 cm³/mol. The number of halogens is 1. The number of hydrogen-bond donors (Lipinski definition) is 1. The molecule has 88 valence electrons. The first-order valence-corrected chi connectivity index (χ1v) is 6.03. The Kier molecular flexibility index (Phi) is 4.13. The van der Waals surface area contributed by atoms with E-state index in [1.54, 1.807) is 0 Å². The van der Waals surface area contributed by atoms with E-state index >= 15 is 0 Å². The molecule has 0 radical (unpaired) electrons. The largest absolute Gasteiger partial charge is 0.324 e. The summed E-state index contributed by atoms with van der Waals surface area (Å²) in [5.74, 6) is 0. The highest BCUT2D eigenvalue weighted by Crippen LogP contribution is 2.18. The quantitative estimate of drug-likeness (QED) is 0.898. The van der Waals surface area contributed by atoms with Gasteiger partial charge in [-0.15, -0.1) is 0 Å². The van der Waals surface area contributed by atoms with Crippen LogP contribution in [0, 0.1) is 0 Å². The molecule has 1 unspecified atom stereocenters. The van der Waals surface area contributed by atoms with Gasteiger partial charge in [0, 0.05) is 23.5 Å². The summed E-state index contributed by atoms with van der Waals surface area (Å²) in [5, 5.41) is 0.745. The Morgan fingerprint density at radius 3 is 2.35 bits per heavy atom. The highest BCUT2D eigenvalue weighted by molar-refractivity contribution is 6.30. The first-order chi connectivity index (χ1) is 8.25. The highest BCUT2D eigenvalue weighted by atomic mass is 35.5. The summed E-state index contributed by atoms with van der Waals surface area (Å²) < 4.78 is 0. The second kappa shape index (κ2) is 5.80. The molecule has 0 aliphatic heterocycles. The van der Waals surface area contributed by atoms with Gasteiger partial charge in [0.1, 0.15) is 0 Å². The van der Waals surface area contributed by atoms with E-state index < -0.39 is 0 Å². The van der Waals surface area contributed by atoms with Gasteiger partial charge in [-0.05, 0) is 48.2 Å². The lowest BCUT2D eigenvalue weighted by atomic mass is 10.0. The number of nitrogens with two attached hydrogens (primary N) is 1. The van der Waals surface area contributed by atoms with Crippen LogP contribution in [0.1, 0.15) is 23.6 Å². The van der Waals surface area contributed by atoms with Crippen LogP contribution in [0.4, 0.5) is 0 Å². The first-order valence-electron chi connectivity index (χ1n) is 5.65. The van der Waals surface area contributed by atoms with Gasteiger partial charge in [0.2, 0.25) is 0 Å². The summed E-state index contributed by atoms with van der Waals surface area (Å²) in [5.41, 5.74) is 8.53. The zero-order valence-electron chi connectivity index (χ0n) is 9.51. The van der Waals surface area contributed by atoms with Gasteiger partial charge < -0.3 is 5.73 Å². The maximum Gasteiger partial charge on any atom is 0.0406 e. The predicted octanol–water partition coefficient (Wildman–Crippen LogP) is 3.37. The number of pyridine rings is 1. The summed E-state index contributed by atoms with van der Waals surface area (Å²) in [6.07, 6.45) is 5.50. The summed E-state index contributed by atoms with van der Waals surface area (Å²) in [4.78, 5) is 3.99. The summed E-state index contributed by atoms with van der Waals surface area (Å²) in [6.45, 7) is 0. The topological polar surface area (TPSA) is 38.9 Å². The van der Waals surface area contributed by atoms with Crippen molar-refractivity contribution in [1.82, 2.24) is 4.98 Å². The molecule has 1 aromatic carbocycles. The first kappa shape index (κ1) is 12.1. The molecule has 2 N–H and O–H groups in total. The van der Waals surface area contributed by atoms with Crippen LogP contribution in [0.25, 0.3) is 0 Å². The zero-order chi connectivity index (χ0) is 12.1. The van der Waals surface area contributed by atoms with Crippen LogP contribution in [0.5, 0.6) is 0 Å². The van der Waals surface area contributed by atoms with Crippen molar-refractivity contribution in [3.8, 4) is 0 Å². The van der Waals surface area contributed by atoms with E-state index in [1.807, 2.05) is 48.8 Å². The maximum absolute atomic E-state index is 6.13. The average molecular weight is 247 g/mol. The molecule has 2 rings (SSSR count). The number of aryl methyl sites for hydroxylation is 1. The SMILES string of the molecule is NC(CCc1ccncc1)c1ccc(Cl)cc1. The molecule has 1 heterocycles. The molecular weight excluding hydrogens is 232 g/mol. The smallest absolute Gasteiger partial charge is 0.0406 e. The second-order valence-corrected chi connectivity index (χ2v) is 4.49. The Balaban J connectivity index is 1.93. The minimum atomic E-state index is 0.0560. The average Bonchev–Trinajstić information content (AvgIpc) is 2.38. The lowest BCUT2D eigenvalue weighted by Gasteiger charge is -2.11. The van der Waals surface area contributed by atoms with Gasteiger partial charge in [-0.3, -0.25) is 4.98 Å². The maximum atomic E-state index is 6.13. The number of benzene rings is 1. The summed E-state index contributed by atoms with van der Waals surface area (Å²) in [6, 6.07) is 11.8. The van der Waals surface area contributed by atoms with Crippen LogP contribution < -0.4 is 5.73 Å². The van der Waals surface area contributed by atoms with Crippen molar-refractivity contribution < 1.29 is 0 Å². The molecule has 0 amide bonds. The third-order valence-corrected chi connectivity index (χ3v) is 3.04.